The van der Waals surface area contributed by atoms with Gasteiger partial charge in [0, 0.05) is 31.1 Å². The van der Waals surface area contributed by atoms with Gasteiger partial charge in [0.2, 0.25) is 5.89 Å². The van der Waals surface area contributed by atoms with E-state index in [1.807, 2.05) is 32.3 Å². The van der Waals surface area contributed by atoms with E-state index in [1.54, 1.807) is 0 Å². The Labute approximate surface area is 112 Å². The van der Waals surface area contributed by atoms with Crippen molar-refractivity contribution >= 4 is 22.4 Å². The minimum absolute atomic E-state index is 0.731. The molecule has 0 aliphatic heterocycles. The number of nitrogens with zero attached hydrogens (tertiary/aromatic N) is 1. The standard InChI is InChI=1S/C15H17N3O/c1-16-11-5-3-10(4-6-11)15-18-13-9-12(17-2)7-8-14(13)19-15/h3,5,7-9,16-17H,4,6H2,1-2H3. The van der Waals surface area contributed by atoms with E-state index < -0.39 is 0 Å². The number of oxazole rings is 1. The zero-order chi connectivity index (χ0) is 13.2. The normalized spacial score (nSPS) is 15.1. The highest BCUT2D eigenvalue weighted by Gasteiger charge is 2.13. The Kier molecular flexibility index (Phi) is 2.99. The summed E-state index contributed by atoms with van der Waals surface area (Å²) in [6, 6.07) is 5.95. The van der Waals surface area contributed by atoms with Crippen molar-refractivity contribution in [3.05, 3.63) is 41.9 Å². The van der Waals surface area contributed by atoms with Gasteiger partial charge in [-0.1, -0.05) is 6.08 Å². The molecule has 0 spiro atoms. The second-order valence-corrected chi connectivity index (χ2v) is 4.59. The fourth-order valence-corrected chi connectivity index (χ4v) is 2.24. The lowest BCUT2D eigenvalue weighted by Crippen LogP contribution is -2.07. The van der Waals surface area contributed by atoms with Crippen LogP contribution in [0.25, 0.3) is 16.7 Å². The molecular weight excluding hydrogens is 238 g/mol. The summed E-state index contributed by atoms with van der Waals surface area (Å²) in [5, 5.41) is 6.28. The quantitative estimate of drug-likeness (QED) is 0.884. The molecule has 1 heterocycles. The maximum Gasteiger partial charge on any atom is 0.223 e. The minimum atomic E-state index is 0.731. The first kappa shape index (κ1) is 11.8. The Hall–Kier alpha value is -2.23. The maximum absolute atomic E-state index is 5.82. The van der Waals surface area contributed by atoms with Crippen molar-refractivity contribution in [2.24, 2.45) is 0 Å². The topological polar surface area (TPSA) is 50.1 Å². The Morgan fingerprint density at radius 2 is 2.00 bits per heavy atom. The number of hydrogen-bond acceptors (Lipinski definition) is 4. The van der Waals surface area contributed by atoms with Crippen LogP contribution in [0.2, 0.25) is 0 Å². The van der Waals surface area contributed by atoms with E-state index >= 15 is 0 Å². The summed E-state index contributed by atoms with van der Waals surface area (Å²) in [6.45, 7) is 0. The number of nitrogens with one attached hydrogen (secondary N) is 2. The van der Waals surface area contributed by atoms with E-state index in [4.69, 9.17) is 4.42 Å². The van der Waals surface area contributed by atoms with Crippen LogP contribution in [0.4, 0.5) is 5.69 Å². The Balaban J connectivity index is 1.98. The molecule has 1 aromatic heterocycles. The zero-order valence-electron chi connectivity index (χ0n) is 11.2. The molecule has 0 fully saturated rings. The van der Waals surface area contributed by atoms with Gasteiger partial charge in [-0.2, -0.15) is 0 Å². The number of anilines is 1. The second-order valence-electron chi connectivity index (χ2n) is 4.59. The van der Waals surface area contributed by atoms with E-state index in [-0.39, 0.29) is 0 Å². The Morgan fingerprint density at radius 3 is 2.68 bits per heavy atom. The first-order chi connectivity index (χ1) is 9.30. The van der Waals surface area contributed by atoms with Crippen LogP contribution in [0, 0.1) is 0 Å². The molecule has 98 valence electrons. The SMILES string of the molecule is CNC1=CC=C(c2nc3cc(NC)ccc3o2)CC1. The van der Waals surface area contributed by atoms with Crippen molar-refractivity contribution < 1.29 is 4.42 Å². The zero-order valence-corrected chi connectivity index (χ0v) is 11.2. The van der Waals surface area contributed by atoms with Gasteiger partial charge in [-0.3, -0.25) is 0 Å². The molecule has 1 aromatic carbocycles. The molecule has 0 unspecified atom stereocenters. The van der Waals surface area contributed by atoms with Crippen molar-refractivity contribution in [2.75, 3.05) is 19.4 Å². The molecule has 2 N–H and O–H groups in total. The summed E-state index contributed by atoms with van der Waals surface area (Å²) < 4.78 is 5.82. The van der Waals surface area contributed by atoms with Crippen LogP contribution in [0.3, 0.4) is 0 Å². The molecule has 0 amide bonds. The summed E-state index contributed by atoms with van der Waals surface area (Å²) in [6.07, 6.45) is 6.13. The molecule has 0 bridgehead atoms. The summed E-state index contributed by atoms with van der Waals surface area (Å²) in [5.41, 5.74) is 5.17. The van der Waals surface area contributed by atoms with Crippen LogP contribution in [-0.2, 0) is 0 Å². The average molecular weight is 255 g/mol. The lowest BCUT2D eigenvalue weighted by molar-refractivity contribution is 0.579. The molecular formula is C15H17N3O. The van der Waals surface area contributed by atoms with Crippen LogP contribution in [0.1, 0.15) is 18.7 Å². The molecule has 0 atom stereocenters. The van der Waals surface area contributed by atoms with E-state index in [0.29, 0.717) is 0 Å². The highest BCUT2D eigenvalue weighted by Crippen LogP contribution is 2.28. The van der Waals surface area contributed by atoms with Crippen molar-refractivity contribution in [2.45, 2.75) is 12.8 Å². The number of rotatable bonds is 3. The predicted molar refractivity (Wildman–Crippen MR) is 77.9 cm³/mol. The van der Waals surface area contributed by atoms with Gasteiger partial charge < -0.3 is 15.1 Å². The van der Waals surface area contributed by atoms with E-state index in [2.05, 4.69) is 27.8 Å². The molecule has 0 radical (unpaired) electrons. The third kappa shape index (κ3) is 2.21. The fourth-order valence-electron chi connectivity index (χ4n) is 2.24. The molecule has 19 heavy (non-hydrogen) atoms. The Morgan fingerprint density at radius 1 is 1.11 bits per heavy atom. The molecule has 2 aromatic rings. The van der Waals surface area contributed by atoms with Crippen LogP contribution in [0.15, 0.2) is 40.5 Å². The van der Waals surface area contributed by atoms with Gasteiger partial charge in [-0.05, 0) is 37.1 Å². The largest absolute Gasteiger partial charge is 0.436 e. The third-order valence-electron chi connectivity index (χ3n) is 3.42. The monoisotopic (exact) mass is 255 g/mol. The molecule has 1 aliphatic rings. The van der Waals surface area contributed by atoms with Gasteiger partial charge in [-0.25, -0.2) is 4.98 Å². The summed E-state index contributed by atoms with van der Waals surface area (Å²) in [7, 11) is 3.85. The molecule has 3 rings (SSSR count). The van der Waals surface area contributed by atoms with Gasteiger partial charge in [0.05, 0.1) is 0 Å². The third-order valence-corrected chi connectivity index (χ3v) is 3.42. The summed E-state index contributed by atoms with van der Waals surface area (Å²) >= 11 is 0. The van der Waals surface area contributed by atoms with E-state index in [0.717, 1.165) is 41.1 Å². The van der Waals surface area contributed by atoms with Crippen molar-refractivity contribution in [1.82, 2.24) is 10.3 Å². The molecule has 1 aliphatic carbocycles. The van der Waals surface area contributed by atoms with Gasteiger partial charge in [0.15, 0.2) is 5.58 Å². The fraction of sp³-hybridized carbons (Fsp3) is 0.267. The number of hydrogen-bond donors (Lipinski definition) is 2. The number of fused-ring (bicyclic) bond motifs is 1. The number of benzene rings is 1. The van der Waals surface area contributed by atoms with Gasteiger partial charge >= 0.3 is 0 Å². The lowest BCUT2D eigenvalue weighted by atomic mass is 10.0. The first-order valence-corrected chi connectivity index (χ1v) is 6.46. The van der Waals surface area contributed by atoms with E-state index in [9.17, 15) is 0 Å². The van der Waals surface area contributed by atoms with Crippen LogP contribution in [0.5, 0.6) is 0 Å². The van der Waals surface area contributed by atoms with Crippen LogP contribution >= 0.6 is 0 Å². The maximum atomic E-state index is 5.82. The molecule has 4 nitrogen and oxygen atoms in total. The van der Waals surface area contributed by atoms with Crippen molar-refractivity contribution in [3.63, 3.8) is 0 Å². The average Bonchev–Trinajstić information content (AvgIpc) is 2.90. The lowest BCUT2D eigenvalue weighted by Gasteiger charge is -2.11. The molecule has 0 saturated carbocycles. The molecule has 0 saturated heterocycles. The summed E-state index contributed by atoms with van der Waals surface area (Å²) in [4.78, 5) is 4.57. The van der Waals surface area contributed by atoms with E-state index in [1.165, 1.54) is 5.70 Å². The minimum Gasteiger partial charge on any atom is -0.436 e. The number of allylic oxidation sites excluding steroid dienone is 4. The highest BCUT2D eigenvalue weighted by atomic mass is 16.3. The van der Waals surface area contributed by atoms with Gasteiger partial charge in [0.1, 0.15) is 5.52 Å². The molecule has 4 heteroatoms. The number of aromatic nitrogens is 1. The first-order valence-electron chi connectivity index (χ1n) is 6.46. The van der Waals surface area contributed by atoms with Gasteiger partial charge in [0.25, 0.3) is 0 Å². The van der Waals surface area contributed by atoms with Crippen LogP contribution < -0.4 is 10.6 Å². The summed E-state index contributed by atoms with van der Waals surface area (Å²) in [5.74, 6) is 0.731. The highest BCUT2D eigenvalue weighted by molar-refractivity contribution is 5.80. The van der Waals surface area contributed by atoms with Gasteiger partial charge in [-0.15, -0.1) is 0 Å². The smallest absolute Gasteiger partial charge is 0.223 e. The van der Waals surface area contributed by atoms with Crippen molar-refractivity contribution in [1.29, 1.82) is 0 Å². The Bertz CT molecular complexity index is 667. The van der Waals surface area contributed by atoms with Crippen LogP contribution in [-0.4, -0.2) is 19.1 Å². The second kappa shape index (κ2) is 4.80. The predicted octanol–water partition coefficient (Wildman–Crippen LogP) is 3.15. The van der Waals surface area contributed by atoms with Crippen molar-refractivity contribution in [3.8, 4) is 0 Å².